The van der Waals surface area contributed by atoms with Crippen LogP contribution in [0.4, 0.5) is 0 Å². The van der Waals surface area contributed by atoms with E-state index in [1.165, 1.54) is 45.1 Å². The average Bonchev–Trinajstić information content (AvgIpc) is 2.39. The molecule has 0 aromatic carbocycles. The Hall–Kier alpha value is -0.0800. The van der Waals surface area contributed by atoms with Crippen LogP contribution >= 0.6 is 0 Å². The minimum atomic E-state index is 0.512. The van der Waals surface area contributed by atoms with Gasteiger partial charge >= 0.3 is 0 Å². The lowest BCUT2D eigenvalue weighted by atomic mass is 9.81. The van der Waals surface area contributed by atoms with Gasteiger partial charge in [-0.05, 0) is 19.3 Å². The lowest BCUT2D eigenvalue weighted by molar-refractivity contribution is 0.253. The van der Waals surface area contributed by atoms with Gasteiger partial charge in [-0.1, -0.05) is 19.3 Å². The molecule has 2 aliphatic rings. The summed E-state index contributed by atoms with van der Waals surface area (Å²) in [5.41, 5.74) is 7.17. The number of nitrogens with one attached hydrogen (secondary N) is 2. The zero-order chi connectivity index (χ0) is 6.86. The molecule has 2 rings (SSSR count). The Kier molecular flexibility index (Phi) is 1.66. The van der Waals surface area contributed by atoms with Crippen LogP contribution in [0.3, 0.4) is 0 Å². The molecule has 0 atom stereocenters. The summed E-state index contributed by atoms with van der Waals surface area (Å²) in [5.74, 6) is 0. The van der Waals surface area contributed by atoms with Crippen molar-refractivity contribution in [2.75, 3.05) is 6.54 Å². The molecule has 2 nitrogen and oxygen atoms in total. The predicted octanol–water partition coefficient (Wildman–Crippen LogP) is 1.19. The van der Waals surface area contributed by atoms with Gasteiger partial charge in [-0.25, -0.2) is 0 Å². The second-order valence-electron chi connectivity index (χ2n) is 3.64. The second-order valence-corrected chi connectivity index (χ2v) is 3.64. The summed E-state index contributed by atoms with van der Waals surface area (Å²) >= 11 is 0. The van der Waals surface area contributed by atoms with E-state index in [4.69, 9.17) is 0 Å². The van der Waals surface area contributed by atoms with Crippen molar-refractivity contribution in [3.8, 4) is 0 Å². The first-order chi connectivity index (χ1) is 4.91. The maximum absolute atomic E-state index is 3.42. The largest absolute Gasteiger partial charge is 0.257 e. The summed E-state index contributed by atoms with van der Waals surface area (Å²) in [6, 6.07) is 0. The maximum atomic E-state index is 3.42. The van der Waals surface area contributed by atoms with Gasteiger partial charge in [0, 0.05) is 12.1 Å². The van der Waals surface area contributed by atoms with Crippen LogP contribution in [0.5, 0.6) is 0 Å². The van der Waals surface area contributed by atoms with Gasteiger partial charge in [0.25, 0.3) is 0 Å². The quantitative estimate of drug-likeness (QED) is 0.528. The third-order valence-electron chi connectivity index (χ3n) is 2.89. The van der Waals surface area contributed by atoms with Crippen molar-refractivity contribution >= 4 is 0 Å². The van der Waals surface area contributed by atoms with E-state index >= 15 is 0 Å². The molecule has 1 heterocycles. The fraction of sp³-hybridized carbons (Fsp3) is 1.00. The predicted molar refractivity (Wildman–Crippen MR) is 41.6 cm³/mol. The van der Waals surface area contributed by atoms with Gasteiger partial charge in [0.15, 0.2) is 0 Å². The van der Waals surface area contributed by atoms with E-state index in [0.717, 1.165) is 0 Å². The SMILES string of the molecule is C1CCC2(CC1)CCNN2. The van der Waals surface area contributed by atoms with Gasteiger partial charge in [0.05, 0.1) is 0 Å². The van der Waals surface area contributed by atoms with Crippen LogP contribution in [0, 0.1) is 0 Å². The van der Waals surface area contributed by atoms with E-state index in [9.17, 15) is 0 Å². The third kappa shape index (κ3) is 1.06. The third-order valence-corrected chi connectivity index (χ3v) is 2.89. The minimum Gasteiger partial charge on any atom is -0.257 e. The number of hydrogen-bond donors (Lipinski definition) is 2. The molecule has 1 saturated carbocycles. The van der Waals surface area contributed by atoms with Crippen LogP contribution in [-0.4, -0.2) is 12.1 Å². The molecule has 1 aliphatic heterocycles. The van der Waals surface area contributed by atoms with Gasteiger partial charge in [0.2, 0.25) is 0 Å². The van der Waals surface area contributed by atoms with E-state index in [2.05, 4.69) is 10.9 Å². The van der Waals surface area contributed by atoms with E-state index < -0.39 is 0 Å². The van der Waals surface area contributed by atoms with Gasteiger partial charge in [-0.3, -0.25) is 10.9 Å². The van der Waals surface area contributed by atoms with Crippen molar-refractivity contribution in [2.45, 2.75) is 44.1 Å². The molecule has 0 unspecified atom stereocenters. The molecule has 1 spiro atoms. The van der Waals surface area contributed by atoms with Crippen molar-refractivity contribution in [3.05, 3.63) is 0 Å². The normalized spacial score (nSPS) is 31.2. The Morgan fingerprint density at radius 1 is 0.900 bits per heavy atom. The van der Waals surface area contributed by atoms with Gasteiger partial charge in [-0.2, -0.15) is 0 Å². The Balaban J connectivity index is 1.98. The molecule has 0 amide bonds. The molecular weight excluding hydrogens is 124 g/mol. The summed E-state index contributed by atoms with van der Waals surface area (Å²) in [6.45, 7) is 1.17. The molecule has 1 aliphatic carbocycles. The smallest absolute Gasteiger partial charge is 0.0336 e. The van der Waals surface area contributed by atoms with Crippen molar-refractivity contribution in [2.24, 2.45) is 0 Å². The van der Waals surface area contributed by atoms with Crippen LogP contribution < -0.4 is 10.9 Å². The fourth-order valence-corrected chi connectivity index (χ4v) is 2.22. The van der Waals surface area contributed by atoms with Gasteiger partial charge in [0.1, 0.15) is 0 Å². The van der Waals surface area contributed by atoms with E-state index in [1.54, 1.807) is 0 Å². The van der Waals surface area contributed by atoms with E-state index in [0.29, 0.717) is 5.54 Å². The van der Waals surface area contributed by atoms with Crippen molar-refractivity contribution in [3.63, 3.8) is 0 Å². The molecule has 2 fully saturated rings. The highest BCUT2D eigenvalue weighted by Crippen LogP contribution is 2.31. The summed E-state index contributed by atoms with van der Waals surface area (Å²) < 4.78 is 0. The highest BCUT2D eigenvalue weighted by molar-refractivity contribution is 4.93. The topological polar surface area (TPSA) is 24.1 Å². The van der Waals surface area contributed by atoms with Crippen LogP contribution in [0.25, 0.3) is 0 Å². The molecule has 2 heteroatoms. The lowest BCUT2D eigenvalue weighted by Gasteiger charge is -2.32. The maximum Gasteiger partial charge on any atom is 0.0336 e. The molecule has 1 saturated heterocycles. The number of hydrazine groups is 1. The van der Waals surface area contributed by atoms with Gasteiger partial charge < -0.3 is 0 Å². The number of rotatable bonds is 0. The summed E-state index contributed by atoms with van der Waals surface area (Å²) in [6.07, 6.45) is 8.42. The molecule has 0 aromatic heterocycles. The Morgan fingerprint density at radius 3 is 2.30 bits per heavy atom. The molecule has 10 heavy (non-hydrogen) atoms. The second kappa shape index (κ2) is 2.51. The molecule has 58 valence electrons. The van der Waals surface area contributed by atoms with Crippen LogP contribution in [0.15, 0.2) is 0 Å². The Morgan fingerprint density at radius 2 is 1.70 bits per heavy atom. The van der Waals surface area contributed by atoms with Crippen LogP contribution in [0.1, 0.15) is 38.5 Å². The summed E-state index contributed by atoms with van der Waals surface area (Å²) in [4.78, 5) is 0. The van der Waals surface area contributed by atoms with Crippen molar-refractivity contribution in [1.29, 1.82) is 0 Å². The minimum absolute atomic E-state index is 0.512. The zero-order valence-electron chi connectivity index (χ0n) is 6.45. The highest BCUT2D eigenvalue weighted by atomic mass is 15.4. The Bertz CT molecular complexity index is 108. The van der Waals surface area contributed by atoms with Crippen LogP contribution in [0.2, 0.25) is 0 Å². The molecule has 2 N–H and O–H groups in total. The highest BCUT2D eigenvalue weighted by Gasteiger charge is 2.34. The zero-order valence-corrected chi connectivity index (χ0v) is 6.45. The lowest BCUT2D eigenvalue weighted by Crippen LogP contribution is -2.44. The van der Waals surface area contributed by atoms with Crippen molar-refractivity contribution < 1.29 is 0 Å². The first kappa shape index (κ1) is 6.62. The first-order valence-electron chi connectivity index (χ1n) is 4.41. The van der Waals surface area contributed by atoms with Gasteiger partial charge in [-0.15, -0.1) is 0 Å². The van der Waals surface area contributed by atoms with E-state index in [1.807, 2.05) is 0 Å². The molecule has 0 radical (unpaired) electrons. The standard InChI is InChI=1S/C8H16N2/c1-2-4-8(5-3-1)6-7-9-10-8/h9-10H,1-7H2. The average molecular weight is 140 g/mol. The van der Waals surface area contributed by atoms with E-state index in [-0.39, 0.29) is 0 Å². The fourth-order valence-electron chi connectivity index (χ4n) is 2.22. The first-order valence-corrected chi connectivity index (χ1v) is 4.41. The summed E-state index contributed by atoms with van der Waals surface area (Å²) in [7, 11) is 0. The molecule has 0 aromatic rings. The summed E-state index contributed by atoms with van der Waals surface area (Å²) in [5, 5.41) is 0. The molecule has 0 bridgehead atoms. The van der Waals surface area contributed by atoms with Crippen molar-refractivity contribution in [1.82, 2.24) is 10.9 Å². The molecular formula is C8H16N2. The number of hydrogen-bond acceptors (Lipinski definition) is 2. The Labute approximate surface area is 62.4 Å². The van der Waals surface area contributed by atoms with Crippen LogP contribution in [-0.2, 0) is 0 Å². The monoisotopic (exact) mass is 140 g/mol.